The molecule has 0 bridgehead atoms. The average Bonchev–Trinajstić information content (AvgIpc) is 2.58. The summed E-state index contributed by atoms with van der Waals surface area (Å²) >= 11 is 0. The first-order valence-electron chi connectivity index (χ1n) is 3.39. The van der Waals surface area contributed by atoms with E-state index in [4.69, 9.17) is 10.8 Å². The third-order valence-corrected chi connectivity index (χ3v) is 2.10. The van der Waals surface area contributed by atoms with Gasteiger partial charge in [0.05, 0.1) is 11.8 Å². The van der Waals surface area contributed by atoms with Crippen molar-refractivity contribution in [3.63, 3.8) is 0 Å². The van der Waals surface area contributed by atoms with Crippen molar-refractivity contribution in [3.8, 4) is 0 Å². The fraction of sp³-hybridized carbons (Fsp3) is 0.833. The van der Waals surface area contributed by atoms with Gasteiger partial charge < -0.3 is 10.8 Å². The SMILES string of the molecule is NC[C@@H]1[C@@H](C(=O)O)[C@@H]1C(F)(F)F. The van der Waals surface area contributed by atoms with Gasteiger partial charge in [0, 0.05) is 0 Å². The summed E-state index contributed by atoms with van der Waals surface area (Å²) in [6.07, 6.45) is -4.42. The van der Waals surface area contributed by atoms with Crippen LogP contribution in [0.3, 0.4) is 0 Å². The molecule has 0 aromatic carbocycles. The minimum atomic E-state index is -4.42. The highest BCUT2D eigenvalue weighted by molar-refractivity contribution is 5.74. The quantitative estimate of drug-likeness (QED) is 0.653. The zero-order chi connectivity index (χ0) is 9.52. The normalized spacial score (nSPS) is 34.8. The molecule has 1 saturated carbocycles. The zero-order valence-corrected chi connectivity index (χ0v) is 6.01. The van der Waals surface area contributed by atoms with Crippen molar-refractivity contribution in [2.45, 2.75) is 6.18 Å². The topological polar surface area (TPSA) is 63.3 Å². The summed E-state index contributed by atoms with van der Waals surface area (Å²) in [7, 11) is 0. The van der Waals surface area contributed by atoms with Crippen LogP contribution in [0.2, 0.25) is 0 Å². The van der Waals surface area contributed by atoms with Crippen molar-refractivity contribution in [2.24, 2.45) is 23.5 Å². The van der Waals surface area contributed by atoms with Gasteiger partial charge in [-0.1, -0.05) is 0 Å². The Hall–Kier alpha value is -0.780. The van der Waals surface area contributed by atoms with Gasteiger partial charge in [0.15, 0.2) is 0 Å². The Labute approximate surface area is 66.4 Å². The number of carbonyl (C=O) groups is 1. The zero-order valence-electron chi connectivity index (χ0n) is 6.01. The largest absolute Gasteiger partial charge is 0.481 e. The fourth-order valence-electron chi connectivity index (χ4n) is 1.45. The lowest BCUT2D eigenvalue weighted by atomic mass is 10.3. The first kappa shape index (κ1) is 9.31. The number of carboxylic acid groups (broad SMARTS) is 1. The molecule has 6 heteroatoms. The van der Waals surface area contributed by atoms with Crippen molar-refractivity contribution in [1.29, 1.82) is 0 Å². The second kappa shape index (κ2) is 2.62. The van der Waals surface area contributed by atoms with E-state index in [1.165, 1.54) is 0 Å². The van der Waals surface area contributed by atoms with Crippen molar-refractivity contribution in [3.05, 3.63) is 0 Å². The van der Waals surface area contributed by atoms with Gasteiger partial charge in [0.2, 0.25) is 0 Å². The maximum absolute atomic E-state index is 12.0. The Bertz CT molecular complexity index is 203. The van der Waals surface area contributed by atoms with E-state index in [2.05, 4.69) is 0 Å². The lowest BCUT2D eigenvalue weighted by molar-refractivity contribution is -0.161. The van der Waals surface area contributed by atoms with Gasteiger partial charge in [-0.15, -0.1) is 0 Å². The molecule has 3 N–H and O–H groups in total. The van der Waals surface area contributed by atoms with Crippen LogP contribution in [-0.4, -0.2) is 23.8 Å². The molecule has 0 spiro atoms. The molecule has 1 aliphatic carbocycles. The third-order valence-electron chi connectivity index (χ3n) is 2.10. The summed E-state index contributed by atoms with van der Waals surface area (Å²) < 4.78 is 35.9. The van der Waals surface area contributed by atoms with Crippen LogP contribution in [0.25, 0.3) is 0 Å². The predicted molar refractivity (Wildman–Crippen MR) is 33.2 cm³/mol. The minimum absolute atomic E-state index is 0.221. The molecular formula is C6H8F3NO2. The number of alkyl halides is 3. The monoisotopic (exact) mass is 183 g/mol. The Kier molecular flexibility index (Phi) is 2.03. The van der Waals surface area contributed by atoms with E-state index in [0.29, 0.717) is 0 Å². The van der Waals surface area contributed by atoms with Crippen molar-refractivity contribution in [1.82, 2.24) is 0 Å². The Morgan fingerprint density at radius 1 is 1.50 bits per heavy atom. The molecule has 0 amide bonds. The van der Waals surface area contributed by atoms with E-state index < -0.39 is 29.9 Å². The summed E-state index contributed by atoms with van der Waals surface area (Å²) in [4.78, 5) is 10.2. The molecule has 0 aromatic rings. The number of hydrogen-bond donors (Lipinski definition) is 2. The van der Waals surface area contributed by atoms with Gasteiger partial charge >= 0.3 is 12.1 Å². The van der Waals surface area contributed by atoms with Gasteiger partial charge in [-0.25, -0.2) is 0 Å². The van der Waals surface area contributed by atoms with E-state index in [9.17, 15) is 18.0 Å². The van der Waals surface area contributed by atoms with Gasteiger partial charge in [-0.3, -0.25) is 4.79 Å². The lowest BCUT2D eigenvalue weighted by Gasteiger charge is -2.02. The molecule has 3 atom stereocenters. The molecule has 0 unspecified atom stereocenters. The Morgan fingerprint density at radius 3 is 2.08 bits per heavy atom. The maximum Gasteiger partial charge on any atom is 0.393 e. The molecule has 0 saturated heterocycles. The molecule has 0 radical (unpaired) electrons. The summed E-state index contributed by atoms with van der Waals surface area (Å²) in [5.41, 5.74) is 4.99. The van der Waals surface area contributed by atoms with E-state index in [1.807, 2.05) is 0 Å². The van der Waals surface area contributed by atoms with Crippen LogP contribution in [0.4, 0.5) is 13.2 Å². The van der Waals surface area contributed by atoms with Crippen LogP contribution >= 0.6 is 0 Å². The summed E-state index contributed by atoms with van der Waals surface area (Å²) in [6.45, 7) is -0.221. The van der Waals surface area contributed by atoms with E-state index in [1.54, 1.807) is 0 Å². The molecule has 1 aliphatic rings. The summed E-state index contributed by atoms with van der Waals surface area (Å²) in [5, 5.41) is 8.33. The van der Waals surface area contributed by atoms with Crippen molar-refractivity contribution in [2.75, 3.05) is 6.54 Å². The van der Waals surface area contributed by atoms with E-state index in [0.717, 1.165) is 0 Å². The van der Waals surface area contributed by atoms with E-state index in [-0.39, 0.29) is 6.54 Å². The number of aliphatic carboxylic acids is 1. The highest BCUT2D eigenvalue weighted by Crippen LogP contribution is 2.55. The molecule has 0 heterocycles. The van der Waals surface area contributed by atoms with Crippen LogP contribution in [0.5, 0.6) is 0 Å². The smallest absolute Gasteiger partial charge is 0.393 e. The highest BCUT2D eigenvalue weighted by atomic mass is 19.4. The number of nitrogens with two attached hydrogens (primary N) is 1. The summed E-state index contributed by atoms with van der Waals surface area (Å²) in [5.74, 6) is -5.40. The molecule has 12 heavy (non-hydrogen) atoms. The first-order valence-corrected chi connectivity index (χ1v) is 3.39. The first-order chi connectivity index (χ1) is 5.39. The van der Waals surface area contributed by atoms with Gasteiger partial charge in [0.25, 0.3) is 0 Å². The van der Waals surface area contributed by atoms with Crippen LogP contribution in [-0.2, 0) is 4.79 Å². The maximum atomic E-state index is 12.0. The molecule has 0 aromatic heterocycles. The number of rotatable bonds is 2. The fourth-order valence-corrected chi connectivity index (χ4v) is 1.45. The molecule has 0 aliphatic heterocycles. The van der Waals surface area contributed by atoms with Gasteiger partial charge in [-0.2, -0.15) is 13.2 Å². The molecule has 3 nitrogen and oxygen atoms in total. The molecule has 70 valence electrons. The molecule has 1 rings (SSSR count). The molecule has 1 fully saturated rings. The second-order valence-corrected chi connectivity index (χ2v) is 2.83. The Morgan fingerprint density at radius 2 is 2.00 bits per heavy atom. The Balaban J connectivity index is 2.65. The number of carboxylic acids is 1. The predicted octanol–water partition coefficient (Wildman–Crippen LogP) is 0.454. The van der Waals surface area contributed by atoms with Gasteiger partial charge in [-0.05, 0) is 12.5 Å². The second-order valence-electron chi connectivity index (χ2n) is 2.83. The third kappa shape index (κ3) is 1.38. The van der Waals surface area contributed by atoms with Gasteiger partial charge in [0.1, 0.15) is 0 Å². The number of halogens is 3. The average molecular weight is 183 g/mol. The van der Waals surface area contributed by atoms with Crippen molar-refractivity contribution < 1.29 is 23.1 Å². The van der Waals surface area contributed by atoms with Crippen LogP contribution in [0.1, 0.15) is 0 Å². The minimum Gasteiger partial charge on any atom is -0.481 e. The van der Waals surface area contributed by atoms with E-state index >= 15 is 0 Å². The highest BCUT2D eigenvalue weighted by Gasteiger charge is 2.66. The standard InChI is InChI=1S/C6H8F3NO2/c7-6(8,9)4-2(1-10)3(4)5(11)12/h2-4H,1,10H2,(H,11,12)/t2-,3-,4-/m1/s1. The molecular weight excluding hydrogens is 175 g/mol. The van der Waals surface area contributed by atoms with Crippen LogP contribution in [0, 0.1) is 17.8 Å². The number of hydrogen-bond acceptors (Lipinski definition) is 2. The lowest BCUT2D eigenvalue weighted by Crippen LogP contribution is -2.16. The summed E-state index contributed by atoms with van der Waals surface area (Å²) in [6, 6.07) is 0. The van der Waals surface area contributed by atoms with Crippen LogP contribution < -0.4 is 5.73 Å². The van der Waals surface area contributed by atoms with Crippen LogP contribution in [0.15, 0.2) is 0 Å². The van der Waals surface area contributed by atoms with Crippen molar-refractivity contribution >= 4 is 5.97 Å².